The van der Waals surface area contributed by atoms with Crippen LogP contribution in [0.15, 0.2) is 91.5 Å². The van der Waals surface area contributed by atoms with E-state index in [1.165, 1.54) is 0 Å². The lowest BCUT2D eigenvalue weighted by atomic mass is 10.2. The normalized spacial score (nSPS) is 12.1. The molecular formula is C32H43N5O. The van der Waals surface area contributed by atoms with Crippen molar-refractivity contribution in [1.29, 1.82) is 0 Å². The number of anilines is 1. The third-order valence-corrected chi connectivity index (χ3v) is 5.60. The lowest BCUT2D eigenvalue weighted by Gasteiger charge is -2.12. The maximum Gasteiger partial charge on any atom is 0.253 e. The van der Waals surface area contributed by atoms with Crippen LogP contribution in [0, 0.1) is 6.92 Å². The van der Waals surface area contributed by atoms with Gasteiger partial charge in [0.05, 0.1) is 5.56 Å². The van der Waals surface area contributed by atoms with E-state index in [0.29, 0.717) is 17.9 Å². The molecule has 38 heavy (non-hydrogen) atoms. The first-order valence-corrected chi connectivity index (χ1v) is 13.7. The number of hydrogen-bond acceptors (Lipinski definition) is 5. The summed E-state index contributed by atoms with van der Waals surface area (Å²) >= 11 is 0. The predicted molar refractivity (Wildman–Crippen MR) is 159 cm³/mol. The highest BCUT2D eigenvalue weighted by molar-refractivity contribution is 5.93. The molecule has 0 aliphatic carbocycles. The third-order valence-electron chi connectivity index (χ3n) is 5.60. The molecule has 2 rings (SSSR count). The molecular weight excluding hydrogens is 470 g/mol. The van der Waals surface area contributed by atoms with Crippen molar-refractivity contribution in [2.45, 2.75) is 71.8 Å². The van der Waals surface area contributed by atoms with Gasteiger partial charge in [0.2, 0.25) is 0 Å². The van der Waals surface area contributed by atoms with Gasteiger partial charge in [-0.25, -0.2) is 9.97 Å². The third kappa shape index (κ3) is 14.1. The van der Waals surface area contributed by atoms with Gasteiger partial charge in [0.15, 0.2) is 0 Å². The number of nitrogens with zero attached hydrogens (tertiary/aromatic N) is 3. The van der Waals surface area contributed by atoms with E-state index in [1.807, 2.05) is 6.92 Å². The lowest BCUT2D eigenvalue weighted by molar-refractivity contribution is 0.0950. The fourth-order valence-electron chi connectivity index (χ4n) is 3.51. The average molecular weight is 514 g/mol. The quantitative estimate of drug-likeness (QED) is 0.160. The molecule has 6 nitrogen and oxygen atoms in total. The summed E-state index contributed by atoms with van der Waals surface area (Å²) in [4.78, 5) is 25.1. The predicted octanol–water partition coefficient (Wildman–Crippen LogP) is 7.44. The number of nitrogens with one attached hydrogen (secondary N) is 2. The molecule has 0 radical (unpaired) electrons. The Hall–Kier alpha value is -3.80. The molecule has 2 N–H and O–H groups in total. The molecule has 6 heteroatoms. The van der Waals surface area contributed by atoms with Crippen LogP contribution in [-0.2, 0) is 6.54 Å². The van der Waals surface area contributed by atoms with Crippen LogP contribution in [0.5, 0.6) is 0 Å². The van der Waals surface area contributed by atoms with Gasteiger partial charge in [-0.05, 0) is 70.4 Å². The van der Waals surface area contributed by atoms with E-state index in [0.717, 1.165) is 69.3 Å². The molecule has 2 aromatic heterocycles. The summed E-state index contributed by atoms with van der Waals surface area (Å²) in [7, 11) is 0. The molecule has 1 amide bonds. The zero-order valence-electron chi connectivity index (χ0n) is 23.0. The second kappa shape index (κ2) is 20.3. The van der Waals surface area contributed by atoms with E-state index in [-0.39, 0.29) is 5.91 Å². The standard InChI is InChI=1S/C32H43N5O/c1-3-4-5-6-7-8-9-10-11-12-13-14-15-16-17-18-19-20-24-34-31-30(26-35-28(2)37-31)27-36-32(38)29-22-21-23-33-25-29/h4-5,7-8,10-11,13-14,16-17,21-23,25-26H,3,6,9,12,15,18-20,24,27H2,1-2H3,(H,36,38)(H,34,35,37)/b5-4-,8-7?,11-10?,14-13-,17-16-. The van der Waals surface area contributed by atoms with Gasteiger partial charge in [0.1, 0.15) is 11.6 Å². The van der Waals surface area contributed by atoms with Crippen molar-refractivity contribution >= 4 is 11.7 Å². The molecule has 202 valence electrons. The molecule has 0 spiro atoms. The highest BCUT2D eigenvalue weighted by atomic mass is 16.1. The summed E-state index contributed by atoms with van der Waals surface area (Å²) in [6.45, 7) is 5.20. The van der Waals surface area contributed by atoms with E-state index >= 15 is 0 Å². The minimum Gasteiger partial charge on any atom is -0.370 e. The second-order valence-corrected chi connectivity index (χ2v) is 8.85. The molecule has 0 saturated carbocycles. The summed E-state index contributed by atoms with van der Waals surface area (Å²) in [5.74, 6) is 1.31. The van der Waals surface area contributed by atoms with E-state index in [2.05, 4.69) is 93.3 Å². The van der Waals surface area contributed by atoms with Gasteiger partial charge in [-0.1, -0.05) is 67.7 Å². The number of pyridine rings is 1. The fourth-order valence-corrected chi connectivity index (χ4v) is 3.51. The molecule has 0 atom stereocenters. The Morgan fingerprint density at radius 1 is 0.868 bits per heavy atom. The number of unbranched alkanes of at least 4 members (excludes halogenated alkanes) is 2. The zero-order valence-corrected chi connectivity index (χ0v) is 23.0. The van der Waals surface area contributed by atoms with E-state index in [9.17, 15) is 4.79 Å². The number of hydrogen-bond donors (Lipinski definition) is 2. The van der Waals surface area contributed by atoms with Gasteiger partial charge in [-0.15, -0.1) is 0 Å². The van der Waals surface area contributed by atoms with E-state index < -0.39 is 0 Å². The summed E-state index contributed by atoms with van der Waals surface area (Å²) in [5.41, 5.74) is 1.40. The summed E-state index contributed by atoms with van der Waals surface area (Å²) in [6.07, 6.45) is 35.5. The largest absolute Gasteiger partial charge is 0.370 e. The maximum atomic E-state index is 12.3. The number of allylic oxidation sites excluding steroid dienone is 10. The molecule has 0 bridgehead atoms. The SMILES string of the molecule is CC/C=C\CC=CCC=CC/C=C\C/C=C\CCCCNc1nc(C)ncc1CNC(=O)c1cccnc1. The fraction of sp³-hybridized carbons (Fsp3) is 0.375. The molecule has 0 aliphatic heterocycles. The number of rotatable bonds is 18. The lowest BCUT2D eigenvalue weighted by Crippen LogP contribution is -2.24. The first-order chi connectivity index (χ1) is 18.7. The van der Waals surface area contributed by atoms with Gasteiger partial charge in [0, 0.05) is 37.2 Å². The summed E-state index contributed by atoms with van der Waals surface area (Å²) < 4.78 is 0. The van der Waals surface area contributed by atoms with Crippen molar-refractivity contribution in [2.24, 2.45) is 0 Å². The molecule has 2 aromatic rings. The monoisotopic (exact) mass is 513 g/mol. The van der Waals surface area contributed by atoms with Gasteiger partial charge >= 0.3 is 0 Å². The van der Waals surface area contributed by atoms with Crippen LogP contribution in [0.3, 0.4) is 0 Å². The van der Waals surface area contributed by atoms with Crippen molar-refractivity contribution in [3.05, 3.63) is 108 Å². The minimum absolute atomic E-state index is 0.165. The van der Waals surface area contributed by atoms with Crippen LogP contribution in [0.2, 0.25) is 0 Å². The Balaban J connectivity index is 1.57. The molecule has 0 fully saturated rings. The van der Waals surface area contributed by atoms with Crippen LogP contribution >= 0.6 is 0 Å². The van der Waals surface area contributed by atoms with E-state index in [4.69, 9.17) is 0 Å². The highest BCUT2D eigenvalue weighted by Gasteiger charge is 2.09. The van der Waals surface area contributed by atoms with Crippen LogP contribution in [0.1, 0.15) is 80.0 Å². The van der Waals surface area contributed by atoms with Crippen LogP contribution in [0.4, 0.5) is 5.82 Å². The van der Waals surface area contributed by atoms with Gasteiger partial charge in [-0.2, -0.15) is 0 Å². The van der Waals surface area contributed by atoms with Gasteiger partial charge in [-0.3, -0.25) is 9.78 Å². The van der Waals surface area contributed by atoms with Crippen molar-refractivity contribution in [3.8, 4) is 0 Å². The molecule has 0 aliphatic rings. The number of aryl methyl sites for hydroxylation is 1. The molecule has 0 saturated heterocycles. The van der Waals surface area contributed by atoms with E-state index in [1.54, 1.807) is 30.7 Å². The van der Waals surface area contributed by atoms with Gasteiger partial charge in [0.25, 0.3) is 5.91 Å². The Bertz CT molecular complexity index is 1070. The number of amides is 1. The van der Waals surface area contributed by atoms with Gasteiger partial charge < -0.3 is 10.6 Å². The summed E-state index contributed by atoms with van der Waals surface area (Å²) in [5, 5.41) is 6.32. The van der Waals surface area contributed by atoms with Crippen molar-refractivity contribution in [3.63, 3.8) is 0 Å². The topological polar surface area (TPSA) is 79.8 Å². The Morgan fingerprint density at radius 3 is 2.16 bits per heavy atom. The first kappa shape index (κ1) is 30.4. The average Bonchev–Trinajstić information content (AvgIpc) is 2.94. The zero-order chi connectivity index (χ0) is 27.1. The maximum absolute atomic E-state index is 12.3. The Kier molecular flexibility index (Phi) is 16.2. The smallest absolute Gasteiger partial charge is 0.253 e. The van der Waals surface area contributed by atoms with Crippen molar-refractivity contribution < 1.29 is 4.79 Å². The Labute approximate surface area is 228 Å². The Morgan fingerprint density at radius 2 is 1.53 bits per heavy atom. The van der Waals surface area contributed by atoms with Crippen molar-refractivity contribution in [2.75, 3.05) is 11.9 Å². The number of aromatic nitrogens is 3. The second-order valence-electron chi connectivity index (χ2n) is 8.85. The van der Waals surface area contributed by atoms with Crippen molar-refractivity contribution in [1.82, 2.24) is 20.3 Å². The molecule has 0 aromatic carbocycles. The minimum atomic E-state index is -0.165. The molecule has 2 heterocycles. The van der Waals surface area contributed by atoms with Crippen LogP contribution < -0.4 is 10.6 Å². The van der Waals surface area contributed by atoms with Crippen LogP contribution in [-0.4, -0.2) is 27.4 Å². The number of carbonyl (C=O) groups excluding carboxylic acids is 1. The molecule has 0 unspecified atom stereocenters. The highest BCUT2D eigenvalue weighted by Crippen LogP contribution is 2.12. The first-order valence-electron chi connectivity index (χ1n) is 13.7. The van der Waals surface area contributed by atoms with Crippen LogP contribution in [0.25, 0.3) is 0 Å². The number of carbonyl (C=O) groups is 1. The summed E-state index contributed by atoms with van der Waals surface area (Å²) in [6, 6.07) is 3.49.